The average molecular weight is 442 g/mol. The molecule has 3 aromatic rings. The van der Waals surface area contributed by atoms with Crippen LogP contribution in [0.25, 0.3) is 5.69 Å². The topological polar surface area (TPSA) is 59.4 Å². The van der Waals surface area contributed by atoms with E-state index in [1.54, 1.807) is 30.3 Å². The summed E-state index contributed by atoms with van der Waals surface area (Å²) < 4.78 is 41.9. The lowest BCUT2D eigenvalue weighted by Gasteiger charge is -2.21. The molecule has 0 saturated carbocycles. The van der Waals surface area contributed by atoms with Gasteiger partial charge in [-0.1, -0.05) is 6.07 Å². The highest BCUT2D eigenvalue weighted by atomic mass is 19.4. The Kier molecular flexibility index (Phi) is 5.41. The predicted octanol–water partition coefficient (Wildman–Crippen LogP) is 5.42. The van der Waals surface area contributed by atoms with E-state index in [1.807, 2.05) is 26.0 Å². The number of nitrogens with zero attached hydrogens (tertiary/aromatic N) is 3. The molecule has 0 saturated heterocycles. The van der Waals surface area contributed by atoms with Crippen LogP contribution in [-0.2, 0) is 11.0 Å². The number of amides is 1. The van der Waals surface area contributed by atoms with E-state index in [1.165, 1.54) is 17.0 Å². The molecule has 2 heterocycles. The molecule has 0 atom stereocenters. The van der Waals surface area contributed by atoms with Crippen LogP contribution in [0.15, 0.2) is 60.8 Å². The summed E-state index contributed by atoms with van der Waals surface area (Å²) in [5, 5.41) is 4.38. The van der Waals surface area contributed by atoms with Gasteiger partial charge in [0, 0.05) is 23.1 Å². The van der Waals surface area contributed by atoms with Crippen LogP contribution in [0.5, 0.6) is 0 Å². The number of aryl methyl sites for hydroxylation is 2. The van der Waals surface area contributed by atoms with E-state index in [0.29, 0.717) is 17.9 Å². The number of anilines is 2. The van der Waals surface area contributed by atoms with E-state index >= 15 is 0 Å². The van der Waals surface area contributed by atoms with Crippen LogP contribution in [-0.4, -0.2) is 22.0 Å². The van der Waals surface area contributed by atoms with Gasteiger partial charge in [-0.15, -0.1) is 0 Å². The summed E-state index contributed by atoms with van der Waals surface area (Å²) in [6, 6.07) is 8.47. The van der Waals surface area contributed by atoms with Crippen molar-refractivity contribution in [3.8, 4) is 5.69 Å². The van der Waals surface area contributed by atoms with E-state index in [9.17, 15) is 18.0 Å². The Morgan fingerprint density at radius 3 is 2.53 bits per heavy atom. The second kappa shape index (κ2) is 8.07. The maximum absolute atomic E-state index is 13.5. The van der Waals surface area contributed by atoms with Gasteiger partial charge in [0.25, 0.3) is 5.91 Å². The molecule has 166 valence electrons. The highest BCUT2D eigenvalue weighted by Crippen LogP contribution is 2.32. The third-order valence-electron chi connectivity index (χ3n) is 5.05. The van der Waals surface area contributed by atoms with Crippen LogP contribution in [0.2, 0.25) is 0 Å². The van der Waals surface area contributed by atoms with Crippen LogP contribution in [0.3, 0.4) is 0 Å². The van der Waals surface area contributed by atoms with Gasteiger partial charge in [0.15, 0.2) is 0 Å². The fraction of sp³-hybridized carbons (Fsp3) is 0.217. The third kappa shape index (κ3) is 4.46. The number of carbonyl (C=O) groups excluding carboxylic acids is 1. The summed E-state index contributed by atoms with van der Waals surface area (Å²) >= 11 is 0. The number of nitrogens with one attached hydrogen (secondary N) is 1. The Labute approximate surface area is 182 Å². The molecule has 1 amide bonds. The van der Waals surface area contributed by atoms with Gasteiger partial charge in [-0.05, 0) is 62.7 Å². The first-order valence-electron chi connectivity index (χ1n) is 9.88. The maximum Gasteiger partial charge on any atom is 0.416 e. The number of carbonyl (C=O) groups is 1. The zero-order valence-electron chi connectivity index (χ0n) is 17.7. The van der Waals surface area contributed by atoms with Gasteiger partial charge in [0.1, 0.15) is 5.76 Å². The van der Waals surface area contributed by atoms with Gasteiger partial charge in [0.2, 0.25) is 0 Å². The molecule has 1 aromatic heterocycles. The summed E-state index contributed by atoms with van der Waals surface area (Å²) in [6.07, 6.45) is 0.322. The smallest absolute Gasteiger partial charge is 0.384 e. The molecule has 9 heteroatoms. The Balaban J connectivity index is 1.65. The van der Waals surface area contributed by atoms with E-state index < -0.39 is 17.6 Å². The molecule has 0 bridgehead atoms. The summed E-state index contributed by atoms with van der Waals surface area (Å²) in [7, 11) is 0. The van der Waals surface area contributed by atoms with Gasteiger partial charge in [-0.2, -0.15) is 13.2 Å². The largest absolute Gasteiger partial charge is 0.416 e. The normalized spacial score (nSPS) is 13.7. The molecule has 1 N–H and O–H groups in total. The van der Waals surface area contributed by atoms with Crippen molar-refractivity contribution in [3.05, 3.63) is 83.1 Å². The number of halogens is 3. The number of aromatic nitrogens is 2. The molecule has 6 nitrogen and oxygen atoms in total. The van der Waals surface area contributed by atoms with Crippen molar-refractivity contribution in [2.24, 2.45) is 0 Å². The summed E-state index contributed by atoms with van der Waals surface area (Å²) in [6.45, 7) is 6.04. The number of allylic oxidation sites excluding steroid dienone is 1. The molecule has 0 unspecified atom stereocenters. The molecular formula is C23H21F3N4O2. The zero-order valence-corrected chi connectivity index (χ0v) is 17.7. The number of benzene rings is 2. The Hall–Kier alpha value is -3.75. The van der Waals surface area contributed by atoms with Crippen molar-refractivity contribution in [1.82, 2.24) is 9.55 Å². The molecule has 0 radical (unpaired) electrons. The molecule has 1 aliphatic rings. The van der Waals surface area contributed by atoms with Crippen LogP contribution in [0.4, 0.5) is 24.5 Å². The first-order valence-corrected chi connectivity index (χ1v) is 9.88. The fourth-order valence-corrected chi connectivity index (χ4v) is 3.38. The lowest BCUT2D eigenvalue weighted by Crippen LogP contribution is -2.19. The minimum absolute atomic E-state index is 0.113. The second-order valence-electron chi connectivity index (χ2n) is 7.61. The molecule has 1 aliphatic heterocycles. The molecule has 2 aromatic carbocycles. The molecule has 32 heavy (non-hydrogen) atoms. The predicted molar refractivity (Wildman–Crippen MR) is 115 cm³/mol. The number of alkyl halides is 3. The van der Waals surface area contributed by atoms with Gasteiger partial charge in [0.05, 0.1) is 29.8 Å². The summed E-state index contributed by atoms with van der Waals surface area (Å²) in [5.74, 6) is 0.116. The van der Waals surface area contributed by atoms with E-state index in [4.69, 9.17) is 4.84 Å². The summed E-state index contributed by atoms with van der Waals surface area (Å²) in [4.78, 5) is 22.6. The fourth-order valence-electron chi connectivity index (χ4n) is 3.38. The maximum atomic E-state index is 13.5. The van der Waals surface area contributed by atoms with E-state index in [2.05, 4.69) is 10.3 Å². The molecule has 0 aliphatic carbocycles. The van der Waals surface area contributed by atoms with Gasteiger partial charge >= 0.3 is 6.18 Å². The zero-order chi connectivity index (χ0) is 23.0. The SMILES string of the molecule is CC1=CCN(c2cc(NC(=O)c3cc(-n4cnc(C)c4)cc(C(F)(F)F)c3)ccc2C)O1. The van der Waals surface area contributed by atoms with Gasteiger partial charge in [-0.3, -0.25) is 4.79 Å². The molecule has 0 spiro atoms. The monoisotopic (exact) mass is 442 g/mol. The average Bonchev–Trinajstić information content (AvgIpc) is 3.36. The van der Waals surface area contributed by atoms with Crippen molar-refractivity contribution in [2.75, 3.05) is 16.9 Å². The van der Waals surface area contributed by atoms with Crippen molar-refractivity contribution in [2.45, 2.75) is 26.9 Å². The number of hydrogen-bond donors (Lipinski definition) is 1. The van der Waals surface area contributed by atoms with Crippen LogP contribution < -0.4 is 10.4 Å². The van der Waals surface area contributed by atoms with E-state index in [-0.39, 0.29) is 11.3 Å². The minimum atomic E-state index is -4.60. The number of rotatable bonds is 4. The van der Waals surface area contributed by atoms with Crippen LogP contribution >= 0.6 is 0 Å². The molecular weight excluding hydrogens is 421 g/mol. The Morgan fingerprint density at radius 2 is 1.91 bits per heavy atom. The first kappa shape index (κ1) is 21.5. The number of hydrogen-bond acceptors (Lipinski definition) is 4. The first-order chi connectivity index (χ1) is 15.1. The highest BCUT2D eigenvalue weighted by Gasteiger charge is 2.32. The standard InChI is InChI=1S/C23H21F3N4O2/c1-14-4-5-19(11-21(14)30-7-6-16(3)32-30)28-22(31)17-8-18(23(24,25)26)10-20(9-17)29-12-15(2)27-13-29/h4-6,8-13H,7H2,1-3H3,(H,28,31). The number of imidazole rings is 1. The Morgan fingerprint density at radius 1 is 1.12 bits per heavy atom. The number of hydroxylamine groups is 1. The molecule has 4 rings (SSSR count). The van der Waals surface area contributed by atoms with Crippen LogP contribution in [0.1, 0.15) is 34.1 Å². The van der Waals surface area contributed by atoms with Crippen LogP contribution in [0, 0.1) is 13.8 Å². The van der Waals surface area contributed by atoms with E-state index in [0.717, 1.165) is 29.1 Å². The van der Waals surface area contributed by atoms with Crippen molar-refractivity contribution < 1.29 is 22.8 Å². The second-order valence-corrected chi connectivity index (χ2v) is 7.61. The quantitative estimate of drug-likeness (QED) is 0.587. The lowest BCUT2D eigenvalue weighted by atomic mass is 10.1. The summed E-state index contributed by atoms with van der Waals surface area (Å²) in [5.41, 5.74) is 1.96. The van der Waals surface area contributed by atoms with Crippen molar-refractivity contribution >= 4 is 17.3 Å². The van der Waals surface area contributed by atoms with Gasteiger partial charge < -0.3 is 14.7 Å². The Bertz CT molecular complexity index is 1210. The third-order valence-corrected chi connectivity index (χ3v) is 5.05. The minimum Gasteiger partial charge on any atom is -0.384 e. The van der Waals surface area contributed by atoms with Crippen molar-refractivity contribution in [1.29, 1.82) is 0 Å². The van der Waals surface area contributed by atoms with Crippen molar-refractivity contribution in [3.63, 3.8) is 0 Å². The van der Waals surface area contributed by atoms with Gasteiger partial charge in [-0.25, -0.2) is 10.0 Å². The highest BCUT2D eigenvalue weighted by molar-refractivity contribution is 6.05. The molecule has 0 fully saturated rings. The lowest BCUT2D eigenvalue weighted by molar-refractivity contribution is -0.137.